The van der Waals surface area contributed by atoms with E-state index in [4.69, 9.17) is 0 Å². The topological polar surface area (TPSA) is 0 Å². The molecule has 2 heteroatoms. The normalized spacial score (nSPS) is 7.83. The van der Waals surface area contributed by atoms with Crippen LogP contribution in [0.5, 0.6) is 0 Å². The Hall–Kier alpha value is 0.520. The van der Waals surface area contributed by atoms with Gasteiger partial charge in [-0.2, -0.15) is 0 Å². The molecule has 0 aromatic rings. The molecule has 1 atom stereocenters. The van der Waals surface area contributed by atoms with E-state index in [1.54, 1.807) is 11.4 Å². The lowest BCUT2D eigenvalue weighted by molar-refractivity contribution is 1.42. The van der Waals surface area contributed by atoms with E-state index in [9.17, 15) is 0 Å². The standard InChI is InChI=1S/C4H9PS/c1-4(2)3-6-5/h3H,5H2,1-2H3. The summed E-state index contributed by atoms with van der Waals surface area (Å²) in [6, 6.07) is 0. The zero-order chi connectivity index (χ0) is 4.99. The van der Waals surface area contributed by atoms with Crippen molar-refractivity contribution in [2.75, 3.05) is 0 Å². The molecular formula is C4H9PS. The molecule has 0 aliphatic carbocycles. The second-order valence-electron chi connectivity index (χ2n) is 1.33. The molecule has 0 aliphatic heterocycles. The van der Waals surface area contributed by atoms with Crippen LogP contribution in [0.3, 0.4) is 0 Å². The average molecular weight is 120 g/mol. The molecule has 6 heavy (non-hydrogen) atoms. The molecule has 0 rings (SSSR count). The first-order valence-corrected chi connectivity index (χ1v) is 4.12. The van der Waals surface area contributed by atoms with Crippen molar-refractivity contribution in [1.29, 1.82) is 0 Å². The van der Waals surface area contributed by atoms with E-state index < -0.39 is 0 Å². The molecule has 36 valence electrons. The van der Waals surface area contributed by atoms with Crippen LogP contribution in [0.25, 0.3) is 0 Å². The van der Waals surface area contributed by atoms with E-state index in [1.807, 2.05) is 0 Å². The van der Waals surface area contributed by atoms with E-state index >= 15 is 0 Å². The van der Waals surface area contributed by atoms with Gasteiger partial charge in [-0.25, -0.2) is 0 Å². The fourth-order valence-corrected chi connectivity index (χ4v) is 1.22. The Morgan fingerprint density at radius 2 is 2.17 bits per heavy atom. The van der Waals surface area contributed by atoms with Crippen LogP contribution in [0.1, 0.15) is 13.8 Å². The van der Waals surface area contributed by atoms with Crippen LogP contribution < -0.4 is 0 Å². The Morgan fingerprint density at radius 1 is 1.67 bits per heavy atom. The van der Waals surface area contributed by atoms with Crippen LogP contribution >= 0.6 is 19.8 Å². The Bertz CT molecular complexity index is 54.6. The molecule has 0 bridgehead atoms. The predicted octanol–water partition coefficient (Wildman–Crippen LogP) is 2.43. The SMILES string of the molecule is CC(C)=CSP. The summed E-state index contributed by atoms with van der Waals surface area (Å²) in [6.45, 7) is 4.16. The van der Waals surface area contributed by atoms with Crippen LogP contribution in [0.2, 0.25) is 0 Å². The molecule has 0 heterocycles. The summed E-state index contributed by atoms with van der Waals surface area (Å²) in [5.41, 5.74) is 1.36. The van der Waals surface area contributed by atoms with Gasteiger partial charge < -0.3 is 0 Å². The van der Waals surface area contributed by atoms with Crippen molar-refractivity contribution in [2.24, 2.45) is 0 Å². The highest BCUT2D eigenvalue weighted by Gasteiger charge is 1.67. The van der Waals surface area contributed by atoms with Crippen LogP contribution in [0.15, 0.2) is 11.0 Å². The molecule has 0 spiro atoms. The summed E-state index contributed by atoms with van der Waals surface area (Å²) < 4.78 is 0. The van der Waals surface area contributed by atoms with Crippen molar-refractivity contribution in [3.8, 4) is 0 Å². The Balaban J connectivity index is 3.14. The molecule has 0 amide bonds. The smallest absolute Gasteiger partial charge is 0.0267 e. The third-order valence-electron chi connectivity index (χ3n) is 0.304. The summed E-state index contributed by atoms with van der Waals surface area (Å²) in [5, 5.41) is 2.09. The number of hydrogen-bond acceptors (Lipinski definition) is 1. The van der Waals surface area contributed by atoms with E-state index in [0.717, 1.165) is 0 Å². The molecule has 0 saturated carbocycles. The third kappa shape index (κ3) is 4.52. The van der Waals surface area contributed by atoms with Crippen molar-refractivity contribution in [3.05, 3.63) is 11.0 Å². The molecule has 0 saturated heterocycles. The van der Waals surface area contributed by atoms with Gasteiger partial charge in [0, 0.05) is 0 Å². The molecule has 0 nitrogen and oxygen atoms in total. The Morgan fingerprint density at radius 3 is 2.17 bits per heavy atom. The summed E-state index contributed by atoms with van der Waals surface area (Å²) in [6.07, 6.45) is 0. The summed E-state index contributed by atoms with van der Waals surface area (Å²) >= 11 is 1.66. The number of allylic oxidation sites excluding steroid dienone is 1. The Kier molecular flexibility index (Phi) is 4.02. The minimum Gasteiger partial charge on any atom is -0.113 e. The van der Waals surface area contributed by atoms with Crippen molar-refractivity contribution in [1.82, 2.24) is 0 Å². The molecule has 0 N–H and O–H groups in total. The fourth-order valence-electron chi connectivity index (χ4n) is 0.136. The molecule has 0 radical (unpaired) electrons. The van der Waals surface area contributed by atoms with Gasteiger partial charge in [0.1, 0.15) is 0 Å². The largest absolute Gasteiger partial charge is 0.113 e. The minimum atomic E-state index is 1.36. The monoisotopic (exact) mass is 120 g/mol. The molecular weight excluding hydrogens is 111 g/mol. The minimum absolute atomic E-state index is 1.36. The first kappa shape index (κ1) is 6.52. The second-order valence-corrected chi connectivity index (χ2v) is 2.66. The molecule has 1 unspecified atom stereocenters. The van der Waals surface area contributed by atoms with E-state index in [2.05, 4.69) is 27.7 Å². The highest BCUT2D eigenvalue weighted by Crippen LogP contribution is 2.13. The number of hydrogen-bond donors (Lipinski definition) is 0. The van der Waals surface area contributed by atoms with E-state index in [0.29, 0.717) is 0 Å². The van der Waals surface area contributed by atoms with Gasteiger partial charge in [0.2, 0.25) is 0 Å². The van der Waals surface area contributed by atoms with Crippen LogP contribution in [0.4, 0.5) is 0 Å². The molecule has 0 aromatic heterocycles. The van der Waals surface area contributed by atoms with Gasteiger partial charge in [0.05, 0.1) is 0 Å². The van der Waals surface area contributed by atoms with Crippen molar-refractivity contribution < 1.29 is 0 Å². The van der Waals surface area contributed by atoms with E-state index in [-0.39, 0.29) is 0 Å². The van der Waals surface area contributed by atoms with Crippen LogP contribution in [-0.2, 0) is 0 Å². The molecule has 0 fully saturated rings. The second kappa shape index (κ2) is 3.70. The number of rotatable bonds is 1. The van der Waals surface area contributed by atoms with Crippen molar-refractivity contribution >= 4 is 19.8 Å². The van der Waals surface area contributed by atoms with E-state index in [1.165, 1.54) is 5.57 Å². The highest BCUT2D eigenvalue weighted by molar-refractivity contribution is 8.45. The predicted molar refractivity (Wildman–Crippen MR) is 36.7 cm³/mol. The maximum atomic E-state index is 2.56. The van der Waals surface area contributed by atoms with Gasteiger partial charge in [-0.3, -0.25) is 0 Å². The average Bonchev–Trinajstić information content (AvgIpc) is 1.35. The third-order valence-corrected chi connectivity index (χ3v) is 1.32. The van der Waals surface area contributed by atoms with Gasteiger partial charge in [-0.1, -0.05) is 14.0 Å². The lowest BCUT2D eigenvalue weighted by Gasteiger charge is -1.79. The maximum Gasteiger partial charge on any atom is -0.0267 e. The van der Waals surface area contributed by atoms with Gasteiger partial charge >= 0.3 is 0 Å². The quantitative estimate of drug-likeness (QED) is 0.479. The Labute approximate surface area is 45.3 Å². The first-order chi connectivity index (χ1) is 2.77. The lowest BCUT2D eigenvalue weighted by Crippen LogP contribution is -1.51. The van der Waals surface area contributed by atoms with Crippen molar-refractivity contribution in [2.45, 2.75) is 13.8 Å². The molecule has 0 aromatic carbocycles. The highest BCUT2D eigenvalue weighted by atomic mass is 32.7. The zero-order valence-electron chi connectivity index (χ0n) is 4.06. The van der Waals surface area contributed by atoms with Crippen LogP contribution in [0, 0.1) is 0 Å². The first-order valence-electron chi connectivity index (χ1n) is 1.76. The van der Waals surface area contributed by atoms with Gasteiger partial charge in [0.25, 0.3) is 0 Å². The maximum absolute atomic E-state index is 2.56. The van der Waals surface area contributed by atoms with Crippen molar-refractivity contribution in [3.63, 3.8) is 0 Å². The van der Waals surface area contributed by atoms with Gasteiger partial charge in [-0.05, 0) is 19.3 Å². The lowest BCUT2D eigenvalue weighted by atomic mass is 10.4. The van der Waals surface area contributed by atoms with Gasteiger partial charge in [0.15, 0.2) is 0 Å². The fraction of sp³-hybridized carbons (Fsp3) is 0.500. The summed E-state index contributed by atoms with van der Waals surface area (Å²) in [4.78, 5) is 0. The zero-order valence-corrected chi connectivity index (χ0v) is 6.03. The summed E-state index contributed by atoms with van der Waals surface area (Å²) in [5.74, 6) is 0. The van der Waals surface area contributed by atoms with Crippen LogP contribution in [-0.4, -0.2) is 0 Å². The molecule has 0 aliphatic rings. The van der Waals surface area contributed by atoms with Gasteiger partial charge in [-0.15, -0.1) is 11.4 Å². The summed E-state index contributed by atoms with van der Waals surface area (Å²) in [7, 11) is 2.56.